The van der Waals surface area contributed by atoms with Crippen molar-refractivity contribution in [2.24, 2.45) is 4.99 Å². The summed E-state index contributed by atoms with van der Waals surface area (Å²) < 4.78 is 5.15. The summed E-state index contributed by atoms with van der Waals surface area (Å²) in [5, 5.41) is 5.19. The molecule has 2 aromatic heterocycles. The van der Waals surface area contributed by atoms with Crippen LogP contribution >= 0.6 is 22.7 Å². The fourth-order valence-corrected chi connectivity index (χ4v) is 9.12. The summed E-state index contributed by atoms with van der Waals surface area (Å²) in [7, 11) is 0. The zero-order valence-electron chi connectivity index (χ0n) is 26.9. The van der Waals surface area contributed by atoms with Gasteiger partial charge in [-0.2, -0.15) is 0 Å². The molecule has 0 aliphatic rings. The van der Waals surface area contributed by atoms with Crippen molar-refractivity contribution < 1.29 is 0 Å². The van der Waals surface area contributed by atoms with Crippen LogP contribution in [0, 0.1) is 0 Å². The van der Waals surface area contributed by atoms with E-state index in [0.29, 0.717) is 0 Å². The van der Waals surface area contributed by atoms with Gasteiger partial charge in [-0.25, -0.2) is 4.99 Å². The summed E-state index contributed by atoms with van der Waals surface area (Å²) in [6.45, 7) is 2.09. The van der Waals surface area contributed by atoms with E-state index in [1.165, 1.54) is 62.6 Å². The van der Waals surface area contributed by atoms with E-state index >= 15 is 0 Å². The molecular weight excluding hydrogens is 631 g/mol. The lowest BCUT2D eigenvalue weighted by Gasteiger charge is -2.15. The standard InChI is InChI=1S/C46H31NS2/c1-2-41(32-21-23-39-37-17-9-11-19-42(37)48-44(39)28-32)47-46(33-22-24-40-38-18-10-12-20-43(38)49-45(40)29-33)36-26-34(30-13-5-3-6-14-30)25-35(27-36)31-15-7-4-8-16-31/h2-29H,1H3/b41-2-,47-46?. The average Bonchev–Trinajstić information content (AvgIpc) is 3.73. The van der Waals surface area contributed by atoms with Crippen LogP contribution in [0.1, 0.15) is 23.6 Å². The van der Waals surface area contributed by atoms with Gasteiger partial charge in [-0.3, -0.25) is 0 Å². The lowest BCUT2D eigenvalue weighted by Crippen LogP contribution is -2.05. The first-order valence-corrected chi connectivity index (χ1v) is 18.2. The van der Waals surface area contributed by atoms with Crippen molar-refractivity contribution in [3.05, 3.63) is 187 Å². The van der Waals surface area contributed by atoms with Gasteiger partial charge in [0.05, 0.1) is 11.4 Å². The van der Waals surface area contributed by atoms with Gasteiger partial charge >= 0.3 is 0 Å². The molecule has 0 saturated heterocycles. The molecule has 0 aliphatic heterocycles. The van der Waals surface area contributed by atoms with Gasteiger partial charge in [0.1, 0.15) is 0 Å². The van der Waals surface area contributed by atoms with Crippen LogP contribution in [0.2, 0.25) is 0 Å². The fraction of sp³-hybridized carbons (Fsp3) is 0.0217. The Balaban J connectivity index is 1.27. The minimum atomic E-state index is 0.956. The quantitative estimate of drug-likeness (QED) is 0.157. The van der Waals surface area contributed by atoms with Gasteiger partial charge in [0.25, 0.3) is 0 Å². The Kier molecular flexibility index (Phi) is 7.50. The topological polar surface area (TPSA) is 12.4 Å². The van der Waals surface area contributed by atoms with Gasteiger partial charge in [-0.15, -0.1) is 22.7 Å². The minimum absolute atomic E-state index is 0.956. The summed E-state index contributed by atoms with van der Waals surface area (Å²) in [4.78, 5) is 5.58. The molecule has 7 aromatic carbocycles. The Bertz CT molecular complexity index is 2650. The number of nitrogens with zero attached hydrogens (tertiary/aromatic N) is 1. The molecule has 49 heavy (non-hydrogen) atoms. The van der Waals surface area contributed by atoms with E-state index < -0.39 is 0 Å². The molecule has 0 spiro atoms. The highest BCUT2D eigenvalue weighted by atomic mass is 32.1. The molecule has 0 unspecified atom stereocenters. The van der Waals surface area contributed by atoms with Crippen molar-refractivity contribution in [3.8, 4) is 22.3 Å². The minimum Gasteiger partial charge on any atom is -0.248 e. The number of hydrogen-bond donors (Lipinski definition) is 0. The molecule has 3 heteroatoms. The summed E-state index contributed by atoms with van der Waals surface area (Å²) in [6, 6.07) is 59.2. The molecule has 0 fully saturated rings. The second kappa shape index (κ2) is 12.4. The summed E-state index contributed by atoms with van der Waals surface area (Å²) in [6.07, 6.45) is 2.14. The third kappa shape index (κ3) is 5.47. The largest absolute Gasteiger partial charge is 0.248 e. The predicted octanol–water partition coefficient (Wildman–Crippen LogP) is 13.7. The second-order valence-electron chi connectivity index (χ2n) is 12.3. The van der Waals surface area contributed by atoms with Crippen LogP contribution in [0.4, 0.5) is 0 Å². The van der Waals surface area contributed by atoms with Crippen molar-refractivity contribution >= 4 is 74.4 Å². The van der Waals surface area contributed by atoms with Gasteiger partial charge in [0.15, 0.2) is 0 Å². The van der Waals surface area contributed by atoms with Crippen molar-refractivity contribution in [1.82, 2.24) is 0 Å². The highest BCUT2D eigenvalue weighted by molar-refractivity contribution is 7.26. The van der Waals surface area contributed by atoms with Crippen molar-refractivity contribution in [2.45, 2.75) is 6.92 Å². The SMILES string of the molecule is C/C=C(\N=C(c1cc(-c2ccccc2)cc(-c2ccccc2)c1)c1ccc2c(c1)sc1ccccc12)c1ccc2c(c1)sc1ccccc12. The first kappa shape index (κ1) is 29.5. The van der Waals surface area contributed by atoms with E-state index in [2.05, 4.69) is 177 Å². The monoisotopic (exact) mass is 661 g/mol. The molecule has 0 atom stereocenters. The molecule has 232 valence electrons. The fourth-order valence-electron chi connectivity index (χ4n) is 6.83. The maximum absolute atomic E-state index is 5.58. The van der Waals surface area contributed by atoms with Crippen LogP contribution in [0.15, 0.2) is 175 Å². The third-order valence-corrected chi connectivity index (χ3v) is 11.5. The van der Waals surface area contributed by atoms with Crippen LogP contribution in [-0.4, -0.2) is 5.71 Å². The molecule has 0 bridgehead atoms. The van der Waals surface area contributed by atoms with Gasteiger partial charge in [-0.1, -0.05) is 127 Å². The molecule has 2 heterocycles. The van der Waals surface area contributed by atoms with Crippen LogP contribution in [-0.2, 0) is 0 Å². The highest BCUT2D eigenvalue weighted by Crippen LogP contribution is 2.38. The van der Waals surface area contributed by atoms with Gasteiger partial charge < -0.3 is 0 Å². The Morgan fingerprint density at radius 2 is 0.878 bits per heavy atom. The van der Waals surface area contributed by atoms with Gasteiger partial charge in [0, 0.05) is 57.0 Å². The predicted molar refractivity (Wildman–Crippen MR) is 215 cm³/mol. The van der Waals surface area contributed by atoms with Crippen LogP contribution in [0.25, 0.3) is 68.3 Å². The summed E-state index contributed by atoms with van der Waals surface area (Å²) >= 11 is 3.69. The van der Waals surface area contributed by atoms with Crippen LogP contribution in [0.3, 0.4) is 0 Å². The lowest BCUT2D eigenvalue weighted by atomic mass is 9.92. The Labute approximate surface area is 293 Å². The number of allylic oxidation sites excluding steroid dienone is 1. The van der Waals surface area contributed by atoms with E-state index in [4.69, 9.17) is 4.99 Å². The molecule has 0 N–H and O–H groups in total. The molecule has 9 aromatic rings. The lowest BCUT2D eigenvalue weighted by molar-refractivity contribution is 1.47. The molecule has 1 nitrogen and oxygen atoms in total. The van der Waals surface area contributed by atoms with Gasteiger partial charge in [0.2, 0.25) is 0 Å². The van der Waals surface area contributed by atoms with Crippen molar-refractivity contribution in [1.29, 1.82) is 0 Å². The molecule has 9 rings (SSSR count). The third-order valence-electron chi connectivity index (χ3n) is 9.25. The van der Waals surface area contributed by atoms with E-state index in [0.717, 1.165) is 28.1 Å². The molecule has 0 saturated carbocycles. The Morgan fingerprint density at radius 1 is 0.408 bits per heavy atom. The van der Waals surface area contributed by atoms with E-state index in [9.17, 15) is 0 Å². The summed E-state index contributed by atoms with van der Waals surface area (Å²) in [5.41, 5.74) is 9.92. The average molecular weight is 662 g/mol. The maximum atomic E-state index is 5.58. The zero-order chi connectivity index (χ0) is 32.7. The Morgan fingerprint density at radius 3 is 1.43 bits per heavy atom. The Hall–Kier alpha value is -5.61. The van der Waals surface area contributed by atoms with E-state index in [-0.39, 0.29) is 0 Å². The molecule has 0 aliphatic carbocycles. The molecule has 0 amide bonds. The number of aliphatic imine (C=N–C) groups is 1. The van der Waals surface area contributed by atoms with Crippen LogP contribution in [0.5, 0.6) is 0 Å². The normalized spacial score (nSPS) is 12.4. The van der Waals surface area contributed by atoms with Crippen molar-refractivity contribution in [3.63, 3.8) is 0 Å². The maximum Gasteiger partial charge on any atom is 0.0782 e. The number of hydrogen-bond acceptors (Lipinski definition) is 3. The number of thiophene rings is 2. The molecule has 0 radical (unpaired) electrons. The number of fused-ring (bicyclic) bond motifs is 6. The second-order valence-corrected chi connectivity index (χ2v) is 14.5. The number of benzene rings is 7. The first-order valence-electron chi connectivity index (χ1n) is 16.6. The van der Waals surface area contributed by atoms with Crippen LogP contribution < -0.4 is 0 Å². The smallest absolute Gasteiger partial charge is 0.0782 e. The first-order chi connectivity index (χ1) is 24.2. The zero-order valence-corrected chi connectivity index (χ0v) is 28.6. The highest BCUT2D eigenvalue weighted by Gasteiger charge is 2.16. The molecular formula is C46H31NS2. The number of rotatable bonds is 6. The van der Waals surface area contributed by atoms with Gasteiger partial charge in [-0.05, 0) is 71.6 Å². The van der Waals surface area contributed by atoms with E-state index in [1.807, 2.05) is 22.7 Å². The van der Waals surface area contributed by atoms with E-state index in [1.54, 1.807) is 0 Å². The van der Waals surface area contributed by atoms with Crippen molar-refractivity contribution in [2.75, 3.05) is 0 Å². The summed E-state index contributed by atoms with van der Waals surface area (Å²) in [5.74, 6) is 0.